The number of anilines is 1. The van der Waals surface area contributed by atoms with Gasteiger partial charge in [-0.1, -0.05) is 94.6 Å². The van der Waals surface area contributed by atoms with Gasteiger partial charge < -0.3 is 10.2 Å². The summed E-state index contributed by atoms with van der Waals surface area (Å²) in [5.41, 5.74) is 0.466. The molecule has 4 aromatic carbocycles. The minimum absolute atomic E-state index is 0.0925. The Hall–Kier alpha value is -3.87. The van der Waals surface area contributed by atoms with E-state index in [9.17, 15) is 31.2 Å². The molecule has 0 saturated heterocycles. The third-order valence-corrected chi connectivity index (χ3v) is 10.6. The second kappa shape index (κ2) is 16.2. The molecule has 4 rings (SSSR count). The highest BCUT2D eigenvalue weighted by Gasteiger charge is 2.38. The summed E-state index contributed by atoms with van der Waals surface area (Å²) >= 11 is 9.28. The molecule has 0 unspecified atom stereocenters. The van der Waals surface area contributed by atoms with Crippen molar-refractivity contribution in [1.82, 2.24) is 10.2 Å². The predicted octanol–water partition coefficient (Wildman–Crippen LogP) is 8.18. The van der Waals surface area contributed by atoms with Gasteiger partial charge in [-0.2, -0.15) is 13.2 Å². The van der Waals surface area contributed by atoms with Crippen molar-refractivity contribution in [2.75, 3.05) is 10.8 Å². The van der Waals surface area contributed by atoms with E-state index in [0.29, 0.717) is 22.4 Å². The number of nitrogens with one attached hydrogen (secondary N) is 1. The molecule has 260 valence electrons. The quantitative estimate of drug-likeness (QED) is 0.148. The molecule has 0 radical (unpaired) electrons. The first kappa shape index (κ1) is 37.9. The normalized spacial score (nSPS) is 13.0. The van der Waals surface area contributed by atoms with Crippen molar-refractivity contribution < 1.29 is 31.2 Å². The lowest BCUT2D eigenvalue weighted by Crippen LogP contribution is -2.54. The zero-order valence-corrected chi connectivity index (χ0v) is 30.2. The van der Waals surface area contributed by atoms with Crippen molar-refractivity contribution in [3.05, 3.63) is 129 Å². The fourth-order valence-corrected chi connectivity index (χ4v) is 6.93. The minimum atomic E-state index is -4.90. The van der Waals surface area contributed by atoms with Crippen LogP contribution in [0.1, 0.15) is 42.5 Å². The molecule has 13 heteroatoms. The van der Waals surface area contributed by atoms with E-state index in [2.05, 4.69) is 21.2 Å². The van der Waals surface area contributed by atoms with E-state index in [1.165, 1.54) is 17.0 Å². The summed E-state index contributed by atoms with van der Waals surface area (Å²) in [6.45, 7) is 4.48. The molecule has 0 heterocycles. The Morgan fingerprint density at radius 3 is 2.14 bits per heavy atom. The second-order valence-electron chi connectivity index (χ2n) is 11.7. The molecule has 0 aromatic heterocycles. The highest BCUT2D eigenvalue weighted by atomic mass is 79.9. The topological polar surface area (TPSA) is 86.8 Å². The van der Waals surface area contributed by atoms with Crippen LogP contribution in [0.15, 0.2) is 106 Å². The highest BCUT2D eigenvalue weighted by Crippen LogP contribution is 2.38. The third kappa shape index (κ3) is 9.86. The van der Waals surface area contributed by atoms with Gasteiger partial charge in [-0.15, -0.1) is 0 Å². The van der Waals surface area contributed by atoms with E-state index in [0.717, 1.165) is 27.7 Å². The fourth-order valence-electron chi connectivity index (χ4n) is 5.03. The molecule has 4 aromatic rings. The zero-order chi connectivity index (χ0) is 35.9. The molecule has 0 aliphatic rings. The van der Waals surface area contributed by atoms with Gasteiger partial charge in [0.25, 0.3) is 10.0 Å². The van der Waals surface area contributed by atoms with Gasteiger partial charge in [0.2, 0.25) is 11.8 Å². The molecular weight excluding hydrogens is 743 g/mol. The average molecular weight is 779 g/mol. The maximum atomic E-state index is 14.6. The second-order valence-corrected chi connectivity index (χ2v) is 14.8. The predicted molar refractivity (Wildman–Crippen MR) is 189 cm³/mol. The van der Waals surface area contributed by atoms with Crippen LogP contribution >= 0.6 is 27.5 Å². The molecule has 2 atom stereocenters. The van der Waals surface area contributed by atoms with Crippen LogP contribution in [0.5, 0.6) is 0 Å². The number of amides is 2. The molecular formula is C36H36BrClF3N3O4S. The molecule has 0 aliphatic heterocycles. The summed E-state index contributed by atoms with van der Waals surface area (Å²) in [4.78, 5) is 29.5. The van der Waals surface area contributed by atoms with Crippen LogP contribution in [0, 0.1) is 6.92 Å². The first-order valence-corrected chi connectivity index (χ1v) is 18.1. The first-order chi connectivity index (χ1) is 23.1. The number of hydrogen-bond acceptors (Lipinski definition) is 4. The lowest BCUT2D eigenvalue weighted by molar-refractivity contribution is -0.140. The Kier molecular flexibility index (Phi) is 12.6. The van der Waals surface area contributed by atoms with E-state index in [1.807, 2.05) is 32.0 Å². The lowest BCUT2D eigenvalue weighted by Gasteiger charge is -2.34. The SMILES string of the molecule is CC[C@H](C)NC(=O)[C@@H](Cc1ccccc1)N(Cc1ccc(Br)cc1)C(=O)CN(c1ccc(Cl)c(C(F)(F)F)c1)S(=O)(=O)c1ccc(C)cc1. The molecule has 0 aliphatic carbocycles. The lowest BCUT2D eigenvalue weighted by atomic mass is 10.0. The smallest absolute Gasteiger partial charge is 0.352 e. The van der Waals surface area contributed by atoms with Crippen LogP contribution in [0.4, 0.5) is 18.9 Å². The van der Waals surface area contributed by atoms with E-state index in [-0.39, 0.29) is 23.9 Å². The van der Waals surface area contributed by atoms with Gasteiger partial charge in [-0.3, -0.25) is 13.9 Å². The number of benzene rings is 4. The summed E-state index contributed by atoms with van der Waals surface area (Å²) in [7, 11) is -4.61. The Balaban J connectivity index is 1.87. The van der Waals surface area contributed by atoms with Gasteiger partial charge in [0.1, 0.15) is 12.6 Å². The molecule has 1 N–H and O–H groups in total. The fraction of sp³-hybridized carbons (Fsp3) is 0.278. The van der Waals surface area contributed by atoms with Crippen molar-refractivity contribution in [3.63, 3.8) is 0 Å². The summed E-state index contributed by atoms with van der Waals surface area (Å²) in [5, 5.41) is 2.32. The number of aryl methyl sites for hydroxylation is 1. The Labute approximate surface area is 298 Å². The molecule has 49 heavy (non-hydrogen) atoms. The van der Waals surface area contributed by atoms with Crippen LogP contribution in [-0.4, -0.2) is 43.8 Å². The third-order valence-electron chi connectivity index (χ3n) is 7.97. The average Bonchev–Trinajstić information content (AvgIpc) is 3.06. The number of carbonyl (C=O) groups is 2. The van der Waals surface area contributed by atoms with Gasteiger partial charge in [0.05, 0.1) is 21.2 Å². The number of rotatable bonds is 13. The zero-order valence-electron chi connectivity index (χ0n) is 27.0. The summed E-state index contributed by atoms with van der Waals surface area (Å²) < 4.78 is 71.7. The van der Waals surface area contributed by atoms with Crippen LogP contribution in [-0.2, 0) is 38.8 Å². The summed E-state index contributed by atoms with van der Waals surface area (Å²) in [6.07, 6.45) is -4.20. The van der Waals surface area contributed by atoms with Crippen LogP contribution in [0.25, 0.3) is 0 Å². The first-order valence-electron chi connectivity index (χ1n) is 15.4. The number of hydrogen-bond donors (Lipinski definition) is 1. The van der Waals surface area contributed by atoms with Gasteiger partial charge >= 0.3 is 6.18 Å². The van der Waals surface area contributed by atoms with Gasteiger partial charge in [-0.25, -0.2) is 8.42 Å². The van der Waals surface area contributed by atoms with Crippen LogP contribution in [0.3, 0.4) is 0 Å². The Morgan fingerprint density at radius 1 is 0.918 bits per heavy atom. The van der Waals surface area contributed by atoms with E-state index >= 15 is 0 Å². The summed E-state index contributed by atoms with van der Waals surface area (Å²) in [6, 6.07) is 23.2. The minimum Gasteiger partial charge on any atom is -0.352 e. The van der Waals surface area contributed by atoms with Gasteiger partial charge in [0.15, 0.2) is 0 Å². The van der Waals surface area contributed by atoms with Gasteiger partial charge in [0, 0.05) is 23.5 Å². The van der Waals surface area contributed by atoms with E-state index in [1.54, 1.807) is 55.5 Å². The molecule has 7 nitrogen and oxygen atoms in total. The van der Waals surface area contributed by atoms with Gasteiger partial charge in [-0.05, 0) is 73.9 Å². The number of nitrogens with zero attached hydrogens (tertiary/aromatic N) is 2. The molecule has 2 amide bonds. The van der Waals surface area contributed by atoms with Crippen molar-refractivity contribution in [2.24, 2.45) is 0 Å². The highest BCUT2D eigenvalue weighted by molar-refractivity contribution is 9.10. The molecule has 0 saturated carbocycles. The van der Waals surface area contributed by atoms with Crippen LogP contribution in [0.2, 0.25) is 5.02 Å². The number of sulfonamides is 1. The van der Waals surface area contributed by atoms with E-state index < -0.39 is 56.9 Å². The maximum absolute atomic E-state index is 14.6. The van der Waals surface area contributed by atoms with Crippen molar-refractivity contribution >= 4 is 55.1 Å². The number of halogens is 5. The summed E-state index contributed by atoms with van der Waals surface area (Å²) in [5.74, 6) is -1.26. The Morgan fingerprint density at radius 2 is 1.55 bits per heavy atom. The molecule has 0 spiro atoms. The molecule has 0 bridgehead atoms. The van der Waals surface area contributed by atoms with Crippen molar-refractivity contribution in [1.29, 1.82) is 0 Å². The van der Waals surface area contributed by atoms with Crippen molar-refractivity contribution in [2.45, 2.75) is 63.3 Å². The number of alkyl halides is 3. The monoisotopic (exact) mass is 777 g/mol. The van der Waals surface area contributed by atoms with E-state index in [4.69, 9.17) is 11.6 Å². The standard InChI is InChI=1S/C36H36BrClF3N3O4S/c1-4-25(3)42-35(46)33(20-26-8-6-5-7-9-26)43(22-27-12-14-28(37)15-13-27)34(45)23-44(49(47,48)30-17-10-24(2)11-18-30)29-16-19-32(38)31(21-29)36(39,40)41/h5-19,21,25,33H,4,20,22-23H2,1-3H3,(H,42,46)/t25-,33+/m0/s1. The van der Waals surface area contributed by atoms with Crippen molar-refractivity contribution in [3.8, 4) is 0 Å². The number of carbonyl (C=O) groups excluding carboxylic acids is 2. The largest absolute Gasteiger partial charge is 0.417 e. The van der Waals surface area contributed by atoms with Crippen LogP contribution < -0.4 is 9.62 Å². The maximum Gasteiger partial charge on any atom is 0.417 e. The Bertz CT molecular complexity index is 1860. The molecule has 0 fully saturated rings.